The zero-order valence-electron chi connectivity index (χ0n) is 13.6. The van der Waals surface area contributed by atoms with Gasteiger partial charge in [0, 0.05) is 6.54 Å². The van der Waals surface area contributed by atoms with Crippen LogP contribution in [0.5, 0.6) is 5.75 Å². The van der Waals surface area contributed by atoms with Gasteiger partial charge in [-0.15, -0.1) is 0 Å². The lowest BCUT2D eigenvalue weighted by molar-refractivity contribution is 0.100. The molecular formula is C19H20N2O3. The molecule has 0 spiro atoms. The average Bonchev–Trinajstić information content (AvgIpc) is 2.67. The summed E-state index contributed by atoms with van der Waals surface area (Å²) in [6.07, 6.45) is 4.31. The zero-order chi connectivity index (χ0) is 16.8. The summed E-state index contributed by atoms with van der Waals surface area (Å²) in [4.78, 5) is 18.4. The van der Waals surface area contributed by atoms with Gasteiger partial charge in [-0.3, -0.25) is 4.98 Å². The first-order valence-corrected chi connectivity index (χ1v) is 7.91. The van der Waals surface area contributed by atoms with Crippen molar-refractivity contribution in [2.45, 2.75) is 13.0 Å². The lowest BCUT2D eigenvalue weighted by Crippen LogP contribution is -2.35. The van der Waals surface area contributed by atoms with E-state index in [1.54, 1.807) is 18.2 Å². The summed E-state index contributed by atoms with van der Waals surface area (Å²) in [7, 11) is 1.61. The van der Waals surface area contributed by atoms with Gasteiger partial charge in [0.2, 0.25) is 0 Å². The molecule has 1 aromatic carbocycles. The first-order chi connectivity index (χ1) is 11.8. The molecule has 2 aromatic rings. The maximum atomic E-state index is 12.3. The van der Waals surface area contributed by atoms with Crippen LogP contribution in [0.25, 0.3) is 5.57 Å². The predicted molar refractivity (Wildman–Crippen MR) is 91.6 cm³/mol. The van der Waals surface area contributed by atoms with Crippen LogP contribution in [0.4, 0.5) is 4.79 Å². The number of ether oxygens (including phenoxy) is 2. The summed E-state index contributed by atoms with van der Waals surface area (Å²) in [5.41, 5.74) is 2.87. The summed E-state index contributed by atoms with van der Waals surface area (Å²) in [5, 5.41) is 0. The van der Waals surface area contributed by atoms with E-state index in [-0.39, 0.29) is 12.7 Å². The SMILES string of the molecule is COc1ccc(C2=CCCN(C(=O)OCc3ccccc3)C2)nc1. The highest BCUT2D eigenvalue weighted by Crippen LogP contribution is 2.21. The Hall–Kier alpha value is -2.82. The molecule has 124 valence electrons. The molecule has 0 saturated carbocycles. The molecule has 5 nitrogen and oxygen atoms in total. The fourth-order valence-electron chi connectivity index (χ4n) is 2.59. The van der Waals surface area contributed by atoms with Gasteiger partial charge in [-0.2, -0.15) is 0 Å². The van der Waals surface area contributed by atoms with E-state index < -0.39 is 0 Å². The summed E-state index contributed by atoms with van der Waals surface area (Å²) in [6.45, 7) is 1.45. The van der Waals surface area contributed by atoms with Crippen LogP contribution in [0, 0.1) is 0 Å². The van der Waals surface area contributed by atoms with Gasteiger partial charge in [0.05, 0.1) is 25.5 Å². The molecule has 0 radical (unpaired) electrons. The Labute approximate surface area is 141 Å². The second-order valence-corrected chi connectivity index (χ2v) is 5.56. The van der Waals surface area contributed by atoms with Crippen molar-refractivity contribution in [3.8, 4) is 5.75 Å². The molecule has 3 rings (SSSR count). The maximum Gasteiger partial charge on any atom is 0.410 e. The molecule has 24 heavy (non-hydrogen) atoms. The van der Waals surface area contributed by atoms with Crippen molar-refractivity contribution in [3.05, 3.63) is 66.0 Å². The van der Waals surface area contributed by atoms with Gasteiger partial charge in [-0.25, -0.2) is 4.79 Å². The molecule has 0 N–H and O–H groups in total. The third kappa shape index (κ3) is 3.93. The first-order valence-electron chi connectivity index (χ1n) is 7.91. The molecule has 2 heterocycles. The molecule has 0 aliphatic carbocycles. The third-order valence-corrected chi connectivity index (χ3v) is 3.92. The molecular weight excluding hydrogens is 304 g/mol. The number of methoxy groups -OCH3 is 1. The van der Waals surface area contributed by atoms with E-state index in [1.165, 1.54) is 0 Å². The first kappa shape index (κ1) is 16.1. The van der Waals surface area contributed by atoms with Crippen molar-refractivity contribution in [3.63, 3.8) is 0 Å². The van der Waals surface area contributed by atoms with Gasteiger partial charge >= 0.3 is 6.09 Å². The highest BCUT2D eigenvalue weighted by molar-refractivity contribution is 5.74. The van der Waals surface area contributed by atoms with E-state index in [2.05, 4.69) is 11.1 Å². The molecule has 1 aliphatic rings. The van der Waals surface area contributed by atoms with E-state index in [1.807, 2.05) is 42.5 Å². The zero-order valence-corrected chi connectivity index (χ0v) is 13.6. The Bertz CT molecular complexity index is 711. The molecule has 1 amide bonds. The van der Waals surface area contributed by atoms with E-state index >= 15 is 0 Å². The number of carbonyl (C=O) groups is 1. The summed E-state index contributed by atoms with van der Waals surface area (Å²) in [5.74, 6) is 0.717. The minimum Gasteiger partial charge on any atom is -0.495 e. The Morgan fingerprint density at radius 1 is 1.21 bits per heavy atom. The minimum absolute atomic E-state index is 0.288. The number of pyridine rings is 1. The molecule has 5 heteroatoms. The summed E-state index contributed by atoms with van der Waals surface area (Å²) >= 11 is 0. The molecule has 0 saturated heterocycles. The van der Waals surface area contributed by atoms with Crippen molar-refractivity contribution in [1.82, 2.24) is 9.88 Å². The molecule has 1 aliphatic heterocycles. The second-order valence-electron chi connectivity index (χ2n) is 5.56. The third-order valence-electron chi connectivity index (χ3n) is 3.92. The number of aromatic nitrogens is 1. The highest BCUT2D eigenvalue weighted by atomic mass is 16.6. The van der Waals surface area contributed by atoms with Crippen LogP contribution in [0.2, 0.25) is 0 Å². The van der Waals surface area contributed by atoms with Crippen LogP contribution >= 0.6 is 0 Å². The average molecular weight is 324 g/mol. The van der Waals surface area contributed by atoms with E-state index in [9.17, 15) is 4.79 Å². The van der Waals surface area contributed by atoms with Crippen LogP contribution in [-0.2, 0) is 11.3 Å². The monoisotopic (exact) mass is 324 g/mol. The van der Waals surface area contributed by atoms with E-state index in [4.69, 9.17) is 9.47 Å². The fourth-order valence-corrected chi connectivity index (χ4v) is 2.59. The topological polar surface area (TPSA) is 51.7 Å². The standard InChI is InChI=1S/C19H20N2O3/c1-23-17-9-10-18(20-12-17)16-8-5-11-21(13-16)19(22)24-14-15-6-3-2-4-7-15/h2-4,6-10,12H,5,11,13-14H2,1H3. The van der Waals surface area contributed by atoms with E-state index in [0.29, 0.717) is 18.8 Å². The quantitative estimate of drug-likeness (QED) is 0.863. The van der Waals surface area contributed by atoms with Gasteiger partial charge in [-0.1, -0.05) is 36.4 Å². The van der Waals surface area contributed by atoms with Gasteiger partial charge in [0.15, 0.2) is 0 Å². The number of benzene rings is 1. The highest BCUT2D eigenvalue weighted by Gasteiger charge is 2.20. The van der Waals surface area contributed by atoms with Crippen molar-refractivity contribution in [1.29, 1.82) is 0 Å². The van der Waals surface area contributed by atoms with Crippen LogP contribution in [0.3, 0.4) is 0 Å². The number of rotatable bonds is 4. The van der Waals surface area contributed by atoms with Crippen molar-refractivity contribution < 1.29 is 14.3 Å². The molecule has 0 fully saturated rings. The Morgan fingerprint density at radius 3 is 2.75 bits per heavy atom. The second kappa shape index (κ2) is 7.64. The van der Waals surface area contributed by atoms with Gasteiger partial charge in [0.1, 0.15) is 12.4 Å². The van der Waals surface area contributed by atoms with Gasteiger partial charge in [-0.05, 0) is 29.7 Å². The van der Waals surface area contributed by atoms with E-state index in [0.717, 1.165) is 23.3 Å². The Kier molecular flexibility index (Phi) is 5.11. The lowest BCUT2D eigenvalue weighted by Gasteiger charge is -2.26. The van der Waals surface area contributed by atoms with Gasteiger partial charge < -0.3 is 14.4 Å². The number of amides is 1. The molecule has 0 unspecified atom stereocenters. The maximum absolute atomic E-state index is 12.3. The number of nitrogens with zero attached hydrogens (tertiary/aromatic N) is 2. The normalized spacial score (nSPS) is 14.0. The lowest BCUT2D eigenvalue weighted by atomic mass is 10.1. The predicted octanol–water partition coefficient (Wildman–Crippen LogP) is 3.52. The number of hydrogen-bond donors (Lipinski definition) is 0. The van der Waals surface area contributed by atoms with Crippen molar-refractivity contribution in [2.24, 2.45) is 0 Å². The molecule has 0 atom stereocenters. The van der Waals surface area contributed by atoms with Crippen LogP contribution in [0.15, 0.2) is 54.7 Å². The fraction of sp³-hybridized carbons (Fsp3) is 0.263. The van der Waals surface area contributed by atoms with Crippen LogP contribution in [0.1, 0.15) is 17.7 Å². The van der Waals surface area contributed by atoms with Crippen LogP contribution < -0.4 is 4.74 Å². The van der Waals surface area contributed by atoms with Crippen LogP contribution in [-0.4, -0.2) is 36.2 Å². The smallest absolute Gasteiger partial charge is 0.410 e. The van der Waals surface area contributed by atoms with Crippen molar-refractivity contribution >= 4 is 11.7 Å². The number of hydrogen-bond acceptors (Lipinski definition) is 4. The largest absolute Gasteiger partial charge is 0.495 e. The summed E-state index contributed by atoms with van der Waals surface area (Å²) < 4.78 is 10.5. The Balaban J connectivity index is 1.59. The molecule has 0 bridgehead atoms. The molecule has 1 aromatic heterocycles. The Morgan fingerprint density at radius 2 is 2.04 bits per heavy atom. The number of carbonyl (C=O) groups excluding carboxylic acids is 1. The van der Waals surface area contributed by atoms with Crippen molar-refractivity contribution in [2.75, 3.05) is 20.2 Å². The summed E-state index contributed by atoms with van der Waals surface area (Å²) in [6, 6.07) is 13.5. The van der Waals surface area contributed by atoms with Gasteiger partial charge in [0.25, 0.3) is 0 Å². The minimum atomic E-state index is -0.294.